The molecule has 0 aliphatic carbocycles. The Morgan fingerprint density at radius 2 is 2.22 bits per heavy atom. The number of aromatic nitrogens is 2. The highest BCUT2D eigenvalue weighted by Crippen LogP contribution is 2.21. The van der Waals surface area contributed by atoms with E-state index in [9.17, 15) is 9.59 Å². The van der Waals surface area contributed by atoms with Gasteiger partial charge in [-0.3, -0.25) is 14.3 Å². The Kier molecular flexibility index (Phi) is 3.61. The number of halogens is 1. The minimum atomic E-state index is -0.774. The van der Waals surface area contributed by atoms with Gasteiger partial charge in [-0.1, -0.05) is 39.3 Å². The monoisotopic (exact) mass is 311 g/mol. The van der Waals surface area contributed by atoms with Gasteiger partial charge in [0.2, 0.25) is 5.91 Å². The lowest BCUT2D eigenvalue weighted by Crippen LogP contribution is -2.19. The molecule has 1 heterocycles. The number of para-hydroxylation sites is 1. The zero-order chi connectivity index (χ0) is 13.1. The molecule has 18 heavy (non-hydrogen) atoms. The van der Waals surface area contributed by atoms with Crippen molar-refractivity contribution in [2.45, 2.75) is 11.8 Å². The number of rotatable bonds is 3. The van der Waals surface area contributed by atoms with Crippen LogP contribution in [0.2, 0.25) is 0 Å². The number of hydrogen-bond donors (Lipinski definition) is 2. The van der Waals surface area contributed by atoms with Crippen LogP contribution >= 0.6 is 15.9 Å². The number of hydrogen-bond acceptors (Lipinski definition) is 4. The highest BCUT2D eigenvalue weighted by molar-refractivity contribution is 9.09. The summed E-state index contributed by atoms with van der Waals surface area (Å²) in [6, 6.07) is 7.38. The van der Waals surface area contributed by atoms with E-state index in [-0.39, 0.29) is 11.7 Å². The standard InChI is InChI=1S/C11H10BrN3O3/c1-6-4-2-3-5-7(6)13-10(16)8(12)9-14-11(17)18-15-9/h2-5,8H,1H3,(H,13,16)(H,14,15,17). The second kappa shape index (κ2) is 5.18. The molecule has 1 amide bonds. The first-order chi connectivity index (χ1) is 8.58. The normalized spacial score (nSPS) is 12.1. The van der Waals surface area contributed by atoms with E-state index in [0.29, 0.717) is 5.69 Å². The number of anilines is 1. The van der Waals surface area contributed by atoms with Crippen LogP contribution < -0.4 is 11.1 Å². The van der Waals surface area contributed by atoms with Crippen molar-refractivity contribution >= 4 is 27.5 Å². The van der Waals surface area contributed by atoms with Gasteiger partial charge in [0.1, 0.15) is 0 Å². The first-order valence-corrected chi connectivity index (χ1v) is 6.06. The first-order valence-electron chi connectivity index (χ1n) is 5.14. The molecule has 0 aliphatic heterocycles. The lowest BCUT2D eigenvalue weighted by molar-refractivity contribution is -0.115. The molecule has 0 radical (unpaired) electrons. The molecular weight excluding hydrogens is 302 g/mol. The molecule has 0 aliphatic rings. The van der Waals surface area contributed by atoms with Gasteiger partial charge >= 0.3 is 5.76 Å². The second-order valence-corrected chi connectivity index (χ2v) is 4.56. The quantitative estimate of drug-likeness (QED) is 0.845. The summed E-state index contributed by atoms with van der Waals surface area (Å²) in [5, 5.41) is 6.18. The van der Waals surface area contributed by atoms with Crippen molar-refractivity contribution in [3.8, 4) is 0 Å². The Morgan fingerprint density at radius 3 is 2.83 bits per heavy atom. The van der Waals surface area contributed by atoms with E-state index < -0.39 is 10.6 Å². The summed E-state index contributed by atoms with van der Waals surface area (Å²) in [7, 11) is 0. The van der Waals surface area contributed by atoms with Gasteiger partial charge in [0.05, 0.1) is 0 Å². The summed E-state index contributed by atoms with van der Waals surface area (Å²) in [6.07, 6.45) is 0. The summed E-state index contributed by atoms with van der Waals surface area (Å²) in [6.45, 7) is 1.89. The van der Waals surface area contributed by atoms with Gasteiger partial charge in [0.15, 0.2) is 10.7 Å². The third-order valence-electron chi connectivity index (χ3n) is 2.33. The largest absolute Gasteiger partial charge is 0.438 e. The topological polar surface area (TPSA) is 88.0 Å². The highest BCUT2D eigenvalue weighted by Gasteiger charge is 2.21. The number of amides is 1. The summed E-state index contributed by atoms with van der Waals surface area (Å²) in [4.78, 5) is 24.2. The first kappa shape index (κ1) is 12.6. The molecule has 2 rings (SSSR count). The van der Waals surface area contributed by atoms with E-state index in [1.165, 1.54) is 0 Å². The Hall–Kier alpha value is -1.89. The van der Waals surface area contributed by atoms with Crippen molar-refractivity contribution in [3.05, 3.63) is 46.2 Å². The number of nitrogens with zero attached hydrogens (tertiary/aromatic N) is 1. The van der Waals surface area contributed by atoms with Gasteiger partial charge in [0, 0.05) is 5.69 Å². The van der Waals surface area contributed by atoms with E-state index in [2.05, 4.69) is 35.9 Å². The van der Waals surface area contributed by atoms with Gasteiger partial charge in [-0.25, -0.2) is 4.79 Å². The predicted molar refractivity (Wildman–Crippen MR) is 68.6 cm³/mol. The van der Waals surface area contributed by atoms with Crippen LogP contribution in [0.4, 0.5) is 5.69 Å². The number of benzene rings is 1. The summed E-state index contributed by atoms with van der Waals surface area (Å²) < 4.78 is 4.34. The molecule has 1 aromatic heterocycles. The maximum atomic E-state index is 11.9. The third kappa shape index (κ3) is 2.67. The molecule has 0 saturated heterocycles. The van der Waals surface area contributed by atoms with Crippen molar-refractivity contribution < 1.29 is 9.32 Å². The van der Waals surface area contributed by atoms with Gasteiger partial charge in [-0.05, 0) is 18.6 Å². The summed E-state index contributed by atoms with van der Waals surface area (Å²) >= 11 is 3.14. The zero-order valence-corrected chi connectivity index (χ0v) is 11.0. The molecule has 0 saturated carbocycles. The highest BCUT2D eigenvalue weighted by atomic mass is 79.9. The van der Waals surface area contributed by atoms with Crippen molar-refractivity contribution in [1.82, 2.24) is 10.1 Å². The molecule has 7 heteroatoms. The lowest BCUT2D eigenvalue weighted by Gasteiger charge is -2.09. The second-order valence-electron chi connectivity index (χ2n) is 3.65. The van der Waals surface area contributed by atoms with Crippen LogP contribution in [-0.2, 0) is 4.79 Å². The Labute approximate surface area is 111 Å². The van der Waals surface area contributed by atoms with Crippen LogP contribution in [0.1, 0.15) is 16.2 Å². The molecule has 2 aromatic rings. The Balaban J connectivity index is 2.13. The number of nitrogens with one attached hydrogen (secondary N) is 2. The van der Waals surface area contributed by atoms with Crippen LogP contribution in [0.3, 0.4) is 0 Å². The van der Waals surface area contributed by atoms with E-state index in [0.717, 1.165) is 5.56 Å². The molecule has 1 atom stereocenters. The van der Waals surface area contributed by atoms with Crippen LogP contribution in [-0.4, -0.2) is 16.0 Å². The fourth-order valence-electron chi connectivity index (χ4n) is 1.38. The molecule has 1 aromatic carbocycles. The molecule has 0 bridgehead atoms. The maximum Gasteiger partial charge on any atom is 0.438 e. The zero-order valence-electron chi connectivity index (χ0n) is 9.44. The number of carbonyl (C=O) groups excluding carboxylic acids is 1. The molecule has 1 unspecified atom stereocenters. The lowest BCUT2D eigenvalue weighted by atomic mass is 10.2. The number of H-pyrrole nitrogens is 1. The fourth-order valence-corrected chi connectivity index (χ4v) is 1.70. The molecule has 6 nitrogen and oxygen atoms in total. The minimum Gasteiger partial charge on any atom is -0.324 e. The number of aromatic amines is 1. The summed E-state index contributed by atoms with van der Waals surface area (Å²) in [5.41, 5.74) is 1.65. The van der Waals surface area contributed by atoms with E-state index in [4.69, 9.17) is 0 Å². The van der Waals surface area contributed by atoms with Crippen molar-refractivity contribution in [1.29, 1.82) is 0 Å². The van der Waals surface area contributed by atoms with Crippen LogP contribution in [0.15, 0.2) is 33.6 Å². The predicted octanol–water partition coefficient (Wildman–Crippen LogP) is 1.75. The number of alkyl halides is 1. The van der Waals surface area contributed by atoms with Crippen LogP contribution in [0, 0.1) is 6.92 Å². The number of aryl methyl sites for hydroxylation is 1. The molecular formula is C11H10BrN3O3. The van der Waals surface area contributed by atoms with E-state index in [1.54, 1.807) is 6.07 Å². The van der Waals surface area contributed by atoms with Gasteiger partial charge in [-0.2, -0.15) is 0 Å². The smallest absolute Gasteiger partial charge is 0.324 e. The Morgan fingerprint density at radius 1 is 1.50 bits per heavy atom. The van der Waals surface area contributed by atoms with Crippen LogP contribution in [0.5, 0.6) is 0 Å². The molecule has 94 valence electrons. The minimum absolute atomic E-state index is 0.131. The van der Waals surface area contributed by atoms with E-state index in [1.807, 2.05) is 25.1 Å². The maximum absolute atomic E-state index is 11.9. The van der Waals surface area contributed by atoms with Gasteiger partial charge < -0.3 is 5.32 Å². The molecule has 0 fully saturated rings. The van der Waals surface area contributed by atoms with Crippen molar-refractivity contribution in [2.24, 2.45) is 0 Å². The average Bonchev–Trinajstić information content (AvgIpc) is 2.78. The van der Waals surface area contributed by atoms with Gasteiger partial charge in [0.25, 0.3) is 0 Å². The van der Waals surface area contributed by atoms with Crippen molar-refractivity contribution in [2.75, 3.05) is 5.32 Å². The summed E-state index contributed by atoms with van der Waals surface area (Å²) in [5.74, 6) is -0.905. The van der Waals surface area contributed by atoms with Crippen molar-refractivity contribution in [3.63, 3.8) is 0 Å². The molecule has 2 N–H and O–H groups in total. The van der Waals surface area contributed by atoms with Crippen LogP contribution in [0.25, 0.3) is 0 Å². The SMILES string of the molecule is Cc1ccccc1NC(=O)C(Br)c1noc(=O)[nH]1. The van der Waals surface area contributed by atoms with E-state index >= 15 is 0 Å². The molecule has 0 spiro atoms. The number of carbonyl (C=O) groups is 1. The third-order valence-corrected chi connectivity index (χ3v) is 3.18. The average molecular weight is 312 g/mol. The van der Waals surface area contributed by atoms with Gasteiger partial charge in [-0.15, -0.1) is 0 Å². The Bertz CT molecular complexity index is 620. The fraction of sp³-hybridized carbons (Fsp3) is 0.182.